The van der Waals surface area contributed by atoms with Gasteiger partial charge < -0.3 is 9.30 Å². The lowest BCUT2D eigenvalue weighted by Crippen LogP contribution is -2.22. The fourth-order valence-corrected chi connectivity index (χ4v) is 2.93. The van der Waals surface area contributed by atoms with Crippen molar-refractivity contribution in [3.63, 3.8) is 0 Å². The Bertz CT molecular complexity index is 711. The minimum Gasteiger partial charge on any atom is -0.361 e. The minimum absolute atomic E-state index is 0.457. The van der Waals surface area contributed by atoms with Crippen molar-refractivity contribution in [1.29, 1.82) is 5.26 Å². The lowest BCUT2D eigenvalue weighted by Gasteiger charge is -2.15. The van der Waals surface area contributed by atoms with Gasteiger partial charge in [0.25, 0.3) is 0 Å². The molecule has 0 bridgehead atoms. The molecular formula is C18H24N4OSi. The maximum Gasteiger partial charge on any atom is 0.135 e. The van der Waals surface area contributed by atoms with Crippen LogP contribution < -0.4 is 0 Å². The van der Waals surface area contributed by atoms with Gasteiger partial charge in [-0.15, -0.1) is 0 Å². The van der Waals surface area contributed by atoms with E-state index < -0.39 is 8.07 Å². The predicted molar refractivity (Wildman–Crippen MR) is 98.0 cm³/mol. The van der Waals surface area contributed by atoms with Gasteiger partial charge in [0.1, 0.15) is 12.6 Å². The van der Waals surface area contributed by atoms with Crippen molar-refractivity contribution in [2.24, 2.45) is 0 Å². The van der Waals surface area contributed by atoms with Crippen LogP contribution in [0.5, 0.6) is 0 Å². The number of imidazole rings is 1. The number of nitrogens with zero attached hydrogens (tertiary/aromatic N) is 4. The van der Waals surface area contributed by atoms with E-state index in [2.05, 4.69) is 29.6 Å². The second kappa shape index (κ2) is 8.57. The second-order valence-corrected chi connectivity index (χ2v) is 12.5. The highest BCUT2D eigenvalue weighted by molar-refractivity contribution is 6.76. The molecule has 0 saturated heterocycles. The molecule has 0 unspecified atom stereocenters. The number of hydrogen-bond acceptors (Lipinski definition) is 4. The first-order valence-electron chi connectivity index (χ1n) is 8.07. The molecule has 5 nitrogen and oxygen atoms in total. The molecule has 126 valence electrons. The van der Waals surface area contributed by atoms with Crippen molar-refractivity contribution in [2.75, 3.05) is 6.61 Å². The lowest BCUT2D eigenvalue weighted by molar-refractivity contribution is 0.0867. The van der Waals surface area contributed by atoms with Crippen LogP contribution in [0.25, 0.3) is 6.08 Å². The fraction of sp³-hybridized carbons (Fsp3) is 0.389. The Hall–Kier alpha value is -2.23. The summed E-state index contributed by atoms with van der Waals surface area (Å²) in [6.45, 7) is 8.22. The van der Waals surface area contributed by atoms with Crippen molar-refractivity contribution >= 4 is 14.1 Å². The van der Waals surface area contributed by atoms with Crippen LogP contribution in [0, 0.1) is 11.3 Å². The molecule has 0 aromatic carbocycles. The summed E-state index contributed by atoms with van der Waals surface area (Å²) in [5.41, 5.74) is 2.11. The second-order valence-electron chi connectivity index (χ2n) is 6.90. The average Bonchev–Trinajstić information content (AvgIpc) is 2.91. The summed E-state index contributed by atoms with van der Waals surface area (Å²) < 4.78 is 7.76. The molecular weight excluding hydrogens is 316 g/mol. The first-order valence-corrected chi connectivity index (χ1v) is 11.8. The van der Waals surface area contributed by atoms with Crippen LogP contribution in [0.1, 0.15) is 17.1 Å². The zero-order valence-electron chi connectivity index (χ0n) is 14.6. The number of pyridine rings is 1. The van der Waals surface area contributed by atoms with Gasteiger partial charge in [0.05, 0.1) is 11.8 Å². The van der Waals surface area contributed by atoms with E-state index >= 15 is 0 Å². The van der Waals surface area contributed by atoms with Gasteiger partial charge in [-0.3, -0.25) is 4.98 Å². The van der Waals surface area contributed by atoms with Gasteiger partial charge in [-0.25, -0.2) is 4.98 Å². The largest absolute Gasteiger partial charge is 0.361 e. The van der Waals surface area contributed by atoms with Crippen molar-refractivity contribution in [1.82, 2.24) is 14.5 Å². The van der Waals surface area contributed by atoms with Crippen LogP contribution in [0.2, 0.25) is 25.7 Å². The number of ether oxygens (including phenoxy) is 1. The normalized spacial score (nSPS) is 11.8. The number of aromatic nitrogens is 3. The minimum atomic E-state index is -1.09. The fourth-order valence-electron chi connectivity index (χ4n) is 2.17. The highest BCUT2D eigenvalue weighted by atomic mass is 28.3. The molecule has 0 fully saturated rings. The van der Waals surface area contributed by atoms with E-state index in [9.17, 15) is 0 Å². The Labute approximate surface area is 144 Å². The summed E-state index contributed by atoms with van der Waals surface area (Å²) >= 11 is 0. The quantitative estimate of drug-likeness (QED) is 0.417. The van der Waals surface area contributed by atoms with Crippen molar-refractivity contribution in [2.45, 2.75) is 38.8 Å². The maximum absolute atomic E-state index is 8.76. The van der Waals surface area contributed by atoms with E-state index in [0.717, 1.165) is 36.2 Å². The highest BCUT2D eigenvalue weighted by Gasteiger charge is 2.12. The summed E-state index contributed by atoms with van der Waals surface area (Å²) in [6.07, 6.45) is 9.45. The molecule has 24 heavy (non-hydrogen) atoms. The van der Waals surface area contributed by atoms with E-state index in [-0.39, 0.29) is 0 Å². The monoisotopic (exact) mass is 340 g/mol. The van der Waals surface area contributed by atoms with Gasteiger partial charge in [-0.1, -0.05) is 19.6 Å². The van der Waals surface area contributed by atoms with Crippen LogP contribution in [0.15, 0.2) is 36.8 Å². The highest BCUT2D eigenvalue weighted by Crippen LogP contribution is 2.12. The summed E-state index contributed by atoms with van der Waals surface area (Å²) in [7, 11) is -1.09. The van der Waals surface area contributed by atoms with Crippen LogP contribution >= 0.6 is 0 Å². The van der Waals surface area contributed by atoms with E-state index in [1.807, 2.05) is 29.0 Å². The number of hydrogen-bond donors (Lipinski definition) is 0. The van der Waals surface area contributed by atoms with E-state index in [1.165, 1.54) is 6.08 Å². The molecule has 2 aromatic heterocycles. The third-order valence-electron chi connectivity index (χ3n) is 3.53. The van der Waals surface area contributed by atoms with Crippen molar-refractivity contribution in [3.8, 4) is 6.07 Å². The molecule has 0 spiro atoms. The Kier molecular flexibility index (Phi) is 6.47. The molecule has 0 radical (unpaired) electrons. The molecule has 2 heterocycles. The molecule has 0 aliphatic carbocycles. The third-order valence-corrected chi connectivity index (χ3v) is 5.23. The maximum atomic E-state index is 8.76. The molecule has 6 heteroatoms. The van der Waals surface area contributed by atoms with Gasteiger partial charge in [0.15, 0.2) is 0 Å². The van der Waals surface area contributed by atoms with Gasteiger partial charge >= 0.3 is 0 Å². The third kappa shape index (κ3) is 6.11. The molecule has 2 rings (SSSR count). The van der Waals surface area contributed by atoms with Crippen LogP contribution in [-0.4, -0.2) is 29.2 Å². The van der Waals surface area contributed by atoms with E-state index in [0.29, 0.717) is 6.73 Å². The molecule has 0 N–H and O–H groups in total. The topological polar surface area (TPSA) is 63.7 Å². The molecule has 2 aromatic rings. The first-order chi connectivity index (χ1) is 11.5. The molecule has 0 saturated carbocycles. The van der Waals surface area contributed by atoms with Crippen LogP contribution in [0.4, 0.5) is 0 Å². The van der Waals surface area contributed by atoms with E-state index in [1.54, 1.807) is 18.5 Å². The molecule has 0 atom stereocenters. The lowest BCUT2D eigenvalue weighted by atomic mass is 10.1. The average molecular weight is 341 g/mol. The molecule has 0 amide bonds. The summed E-state index contributed by atoms with van der Waals surface area (Å²) in [6, 6.07) is 7.11. The zero-order valence-corrected chi connectivity index (χ0v) is 15.6. The zero-order chi connectivity index (χ0) is 17.4. The Balaban J connectivity index is 2.05. The Morgan fingerprint density at radius 1 is 1.29 bits per heavy atom. The number of rotatable bonds is 8. The first kappa shape index (κ1) is 18.1. The SMILES string of the molecule is C[Si](C)(C)CCOCn1cc(Cc2ccncc2)nc1/C=C/C#N. The van der Waals surface area contributed by atoms with Crippen LogP contribution in [0.3, 0.4) is 0 Å². The Morgan fingerprint density at radius 3 is 2.71 bits per heavy atom. The Morgan fingerprint density at radius 2 is 2.04 bits per heavy atom. The summed E-state index contributed by atoms with van der Waals surface area (Å²) in [5, 5.41) is 8.76. The summed E-state index contributed by atoms with van der Waals surface area (Å²) in [4.78, 5) is 8.63. The van der Waals surface area contributed by atoms with E-state index in [4.69, 9.17) is 10.00 Å². The van der Waals surface area contributed by atoms with Crippen molar-refractivity contribution in [3.05, 3.63) is 53.9 Å². The number of allylic oxidation sites excluding steroid dienone is 1. The smallest absolute Gasteiger partial charge is 0.135 e. The standard InChI is InChI=1S/C18H24N4OSi/c1-24(2,3)12-11-23-15-22-14-17(21-18(22)5-4-8-19)13-16-6-9-20-10-7-16/h4-7,9-10,14H,11-13,15H2,1-3H3/b5-4+. The van der Waals surface area contributed by atoms with Gasteiger partial charge in [-0.2, -0.15) is 5.26 Å². The molecule has 0 aliphatic rings. The number of nitriles is 1. The van der Waals surface area contributed by atoms with Gasteiger partial charge in [0, 0.05) is 45.8 Å². The van der Waals surface area contributed by atoms with Gasteiger partial charge in [0.2, 0.25) is 0 Å². The summed E-state index contributed by atoms with van der Waals surface area (Å²) in [5.74, 6) is 0.744. The van der Waals surface area contributed by atoms with Crippen LogP contribution in [-0.2, 0) is 17.9 Å². The van der Waals surface area contributed by atoms with Gasteiger partial charge in [-0.05, 0) is 29.8 Å². The van der Waals surface area contributed by atoms with Crippen molar-refractivity contribution < 1.29 is 4.74 Å². The molecule has 0 aliphatic heterocycles. The predicted octanol–water partition coefficient (Wildman–Crippen LogP) is 3.72.